The predicted molar refractivity (Wildman–Crippen MR) is 85.9 cm³/mol. The van der Waals surface area contributed by atoms with Gasteiger partial charge < -0.3 is 10.2 Å². The van der Waals surface area contributed by atoms with Gasteiger partial charge in [-0.15, -0.1) is 11.3 Å². The Balaban J connectivity index is 1.50. The van der Waals surface area contributed by atoms with Crippen LogP contribution in [0.4, 0.5) is 4.79 Å². The molecule has 8 heteroatoms. The van der Waals surface area contributed by atoms with E-state index in [1.54, 1.807) is 16.2 Å². The van der Waals surface area contributed by atoms with Gasteiger partial charge in [0.15, 0.2) is 0 Å². The van der Waals surface area contributed by atoms with Crippen LogP contribution in [0, 0.1) is 0 Å². The first-order valence-electron chi connectivity index (χ1n) is 7.75. The summed E-state index contributed by atoms with van der Waals surface area (Å²) in [5.74, 6) is -0.497. The molecule has 2 N–H and O–H groups in total. The van der Waals surface area contributed by atoms with E-state index >= 15 is 0 Å². The Morgan fingerprint density at radius 1 is 1.26 bits per heavy atom. The van der Waals surface area contributed by atoms with Crippen molar-refractivity contribution in [2.24, 2.45) is 0 Å². The van der Waals surface area contributed by atoms with Gasteiger partial charge in [0, 0.05) is 37.6 Å². The van der Waals surface area contributed by atoms with E-state index in [0.717, 1.165) is 26.1 Å². The molecule has 1 atom stereocenters. The van der Waals surface area contributed by atoms with Crippen LogP contribution in [0.25, 0.3) is 0 Å². The number of nitrogens with one attached hydrogen (secondary N) is 2. The van der Waals surface area contributed by atoms with Crippen molar-refractivity contribution >= 4 is 29.2 Å². The highest BCUT2D eigenvalue weighted by Crippen LogP contribution is 2.14. The molecule has 1 unspecified atom stereocenters. The largest absolute Gasteiger partial charge is 0.341 e. The van der Waals surface area contributed by atoms with Gasteiger partial charge in [0.1, 0.15) is 6.04 Å². The highest BCUT2D eigenvalue weighted by Gasteiger charge is 2.32. The maximum absolute atomic E-state index is 12.4. The first-order chi connectivity index (χ1) is 11.1. The predicted octanol–water partition coefficient (Wildman–Crippen LogP) is 0.380. The monoisotopic (exact) mass is 336 g/mol. The van der Waals surface area contributed by atoms with Crippen LogP contribution in [0.2, 0.25) is 0 Å². The lowest BCUT2D eigenvalue weighted by atomic mass is 10.2. The topological polar surface area (TPSA) is 81.8 Å². The van der Waals surface area contributed by atoms with Crippen LogP contribution < -0.4 is 10.6 Å². The first kappa shape index (κ1) is 15.9. The summed E-state index contributed by atoms with van der Waals surface area (Å²) in [6.07, 6.45) is 0.947. The van der Waals surface area contributed by atoms with Gasteiger partial charge in [0.2, 0.25) is 5.91 Å². The average Bonchev–Trinajstić information content (AvgIpc) is 3.04. The lowest BCUT2D eigenvalue weighted by molar-refractivity contribution is -0.133. The highest BCUT2D eigenvalue weighted by molar-refractivity contribution is 7.09. The van der Waals surface area contributed by atoms with Crippen LogP contribution in [-0.4, -0.2) is 59.9 Å². The zero-order chi connectivity index (χ0) is 16.2. The molecule has 0 aliphatic carbocycles. The Labute approximate surface area is 138 Å². The van der Waals surface area contributed by atoms with E-state index < -0.39 is 18.0 Å². The van der Waals surface area contributed by atoms with Crippen LogP contribution >= 0.6 is 11.3 Å². The van der Waals surface area contributed by atoms with Gasteiger partial charge in [-0.25, -0.2) is 4.79 Å². The summed E-state index contributed by atoms with van der Waals surface area (Å²) in [6.45, 7) is 4.06. The van der Waals surface area contributed by atoms with Crippen molar-refractivity contribution in [1.29, 1.82) is 0 Å². The fraction of sp³-hybridized carbons (Fsp3) is 0.533. The van der Waals surface area contributed by atoms with Gasteiger partial charge >= 0.3 is 6.03 Å². The van der Waals surface area contributed by atoms with Gasteiger partial charge in [-0.3, -0.25) is 19.8 Å². The average molecular weight is 336 g/mol. The van der Waals surface area contributed by atoms with Crippen molar-refractivity contribution in [3.8, 4) is 0 Å². The number of rotatable bonds is 4. The standard InChI is InChI=1S/C15H20N4O3S/c20-13(9-12-14(21)17-15(22)16-12)19-5-2-4-18(6-7-19)10-11-3-1-8-23-11/h1,3,8,12H,2,4-7,9-10H2,(H2,16,17,21,22). The molecule has 3 rings (SSSR count). The zero-order valence-electron chi connectivity index (χ0n) is 12.8. The van der Waals surface area contributed by atoms with Gasteiger partial charge in [-0.1, -0.05) is 6.07 Å². The van der Waals surface area contributed by atoms with E-state index in [0.29, 0.717) is 13.1 Å². The molecule has 0 aromatic carbocycles. The number of amides is 4. The summed E-state index contributed by atoms with van der Waals surface area (Å²) in [5, 5.41) is 6.70. The molecule has 1 aromatic rings. The number of hydrogen-bond acceptors (Lipinski definition) is 5. The van der Waals surface area contributed by atoms with Crippen molar-refractivity contribution in [3.05, 3.63) is 22.4 Å². The molecule has 2 fully saturated rings. The molecule has 0 bridgehead atoms. The quantitative estimate of drug-likeness (QED) is 0.779. The fourth-order valence-electron chi connectivity index (χ4n) is 2.91. The first-order valence-corrected chi connectivity index (χ1v) is 8.63. The Morgan fingerprint density at radius 3 is 2.83 bits per heavy atom. The van der Waals surface area contributed by atoms with Crippen LogP contribution in [0.3, 0.4) is 0 Å². The highest BCUT2D eigenvalue weighted by atomic mass is 32.1. The van der Waals surface area contributed by atoms with Gasteiger partial charge in [-0.2, -0.15) is 0 Å². The van der Waals surface area contributed by atoms with Crippen molar-refractivity contribution in [2.75, 3.05) is 26.2 Å². The van der Waals surface area contributed by atoms with E-state index in [1.165, 1.54) is 4.88 Å². The second kappa shape index (κ2) is 7.10. The van der Waals surface area contributed by atoms with Crippen molar-refractivity contribution < 1.29 is 14.4 Å². The van der Waals surface area contributed by atoms with E-state index in [4.69, 9.17) is 0 Å². The van der Waals surface area contributed by atoms with Gasteiger partial charge in [-0.05, 0) is 17.9 Å². The Hall–Kier alpha value is -1.93. The number of carbonyl (C=O) groups is 3. The number of nitrogens with zero attached hydrogens (tertiary/aromatic N) is 2. The molecule has 124 valence electrons. The van der Waals surface area contributed by atoms with E-state index in [9.17, 15) is 14.4 Å². The molecule has 0 spiro atoms. The number of hydrogen-bond donors (Lipinski definition) is 2. The van der Waals surface area contributed by atoms with Crippen LogP contribution in [0.5, 0.6) is 0 Å². The molecule has 4 amide bonds. The lowest BCUT2D eigenvalue weighted by Gasteiger charge is -2.22. The summed E-state index contributed by atoms with van der Waals surface area (Å²) in [6, 6.07) is 2.92. The molecule has 23 heavy (non-hydrogen) atoms. The van der Waals surface area contributed by atoms with Crippen LogP contribution in [0.1, 0.15) is 17.7 Å². The van der Waals surface area contributed by atoms with E-state index in [1.807, 2.05) is 0 Å². The molecule has 2 aliphatic heterocycles. The second-order valence-electron chi connectivity index (χ2n) is 5.81. The number of carbonyl (C=O) groups excluding carboxylic acids is 3. The summed E-state index contributed by atoms with van der Waals surface area (Å²) in [5.41, 5.74) is 0. The SMILES string of the molecule is O=C1NC(=O)C(CC(=O)N2CCCN(Cc3cccs3)CC2)N1. The van der Waals surface area contributed by atoms with Crippen LogP contribution in [0.15, 0.2) is 17.5 Å². The van der Waals surface area contributed by atoms with Crippen molar-refractivity contribution in [2.45, 2.75) is 25.4 Å². The molecular formula is C15H20N4O3S. The third kappa shape index (κ3) is 4.08. The van der Waals surface area contributed by atoms with E-state index in [-0.39, 0.29) is 12.3 Å². The Kier molecular flexibility index (Phi) is 4.92. The molecule has 2 aliphatic rings. The molecule has 3 heterocycles. The minimum atomic E-state index is -0.736. The number of thiophene rings is 1. The molecular weight excluding hydrogens is 316 g/mol. The summed E-state index contributed by atoms with van der Waals surface area (Å²) >= 11 is 1.75. The molecule has 7 nitrogen and oxygen atoms in total. The normalized spacial score (nSPS) is 22.6. The van der Waals surface area contributed by atoms with Gasteiger partial charge in [0.05, 0.1) is 6.42 Å². The minimum absolute atomic E-state index is 0.0303. The summed E-state index contributed by atoms with van der Waals surface area (Å²) in [7, 11) is 0. The summed E-state index contributed by atoms with van der Waals surface area (Å²) < 4.78 is 0. The van der Waals surface area contributed by atoms with E-state index in [2.05, 4.69) is 33.0 Å². The van der Waals surface area contributed by atoms with Crippen molar-refractivity contribution in [3.63, 3.8) is 0 Å². The Bertz CT molecular complexity index is 590. The molecule has 1 aromatic heterocycles. The third-order valence-corrected chi connectivity index (χ3v) is 5.00. The van der Waals surface area contributed by atoms with Crippen LogP contribution in [-0.2, 0) is 16.1 Å². The maximum Gasteiger partial charge on any atom is 0.322 e. The molecule has 0 radical (unpaired) electrons. The zero-order valence-corrected chi connectivity index (χ0v) is 13.6. The van der Waals surface area contributed by atoms with Gasteiger partial charge in [0.25, 0.3) is 5.91 Å². The lowest BCUT2D eigenvalue weighted by Crippen LogP contribution is -2.40. The number of urea groups is 1. The summed E-state index contributed by atoms with van der Waals surface area (Å²) in [4.78, 5) is 40.5. The molecule has 2 saturated heterocycles. The minimum Gasteiger partial charge on any atom is -0.341 e. The fourth-order valence-corrected chi connectivity index (χ4v) is 3.65. The van der Waals surface area contributed by atoms with Crippen molar-refractivity contribution in [1.82, 2.24) is 20.4 Å². The third-order valence-electron chi connectivity index (χ3n) is 4.14. The Morgan fingerprint density at radius 2 is 2.13 bits per heavy atom. The smallest absolute Gasteiger partial charge is 0.322 e. The maximum atomic E-state index is 12.4. The molecule has 0 saturated carbocycles. The second-order valence-corrected chi connectivity index (χ2v) is 6.84. The number of imide groups is 1.